The van der Waals surface area contributed by atoms with Crippen molar-refractivity contribution in [2.24, 2.45) is 0 Å². The van der Waals surface area contributed by atoms with Crippen LogP contribution in [0, 0.1) is 4.77 Å². The van der Waals surface area contributed by atoms with Gasteiger partial charge in [-0.25, -0.2) is 0 Å². The minimum absolute atomic E-state index is 0.0468. The fourth-order valence-electron chi connectivity index (χ4n) is 3.67. The van der Waals surface area contributed by atoms with E-state index >= 15 is 0 Å². The second kappa shape index (κ2) is 7.52. The average Bonchev–Trinajstić information content (AvgIpc) is 2.64. The highest BCUT2D eigenvalue weighted by atomic mass is 32.1. The molecule has 1 amide bonds. The summed E-state index contributed by atoms with van der Waals surface area (Å²) in [6, 6.07) is 5.59. The second-order valence-electron chi connectivity index (χ2n) is 6.70. The molecule has 0 radical (unpaired) electrons. The van der Waals surface area contributed by atoms with Gasteiger partial charge in [-0.1, -0.05) is 13.8 Å². The van der Waals surface area contributed by atoms with Crippen LogP contribution in [0.4, 0.5) is 0 Å². The van der Waals surface area contributed by atoms with E-state index in [-0.39, 0.29) is 11.5 Å². The number of likely N-dealkylation sites (tertiary alicyclic amines) is 1. The van der Waals surface area contributed by atoms with Crippen molar-refractivity contribution in [3.63, 3.8) is 0 Å². The van der Waals surface area contributed by atoms with Crippen molar-refractivity contribution in [1.29, 1.82) is 0 Å². The number of hydrogen-bond donors (Lipinski definition) is 1. The maximum Gasteiger partial charge on any atom is 0.262 e. The molecule has 1 fully saturated rings. The predicted molar refractivity (Wildman–Crippen MR) is 103 cm³/mol. The van der Waals surface area contributed by atoms with Gasteiger partial charge in [0.15, 0.2) is 4.77 Å². The number of carbonyl (C=O) groups excluding carboxylic acids is 1. The van der Waals surface area contributed by atoms with Gasteiger partial charge in [-0.15, -0.1) is 0 Å². The van der Waals surface area contributed by atoms with Crippen LogP contribution in [-0.2, 0) is 6.54 Å². The summed E-state index contributed by atoms with van der Waals surface area (Å²) in [7, 11) is 0. The third-order valence-corrected chi connectivity index (χ3v) is 5.36. The highest BCUT2D eigenvalue weighted by Crippen LogP contribution is 2.22. The van der Waals surface area contributed by atoms with Gasteiger partial charge in [0.2, 0.25) is 0 Å². The lowest BCUT2D eigenvalue weighted by Gasteiger charge is -2.35. The van der Waals surface area contributed by atoms with Gasteiger partial charge in [0, 0.05) is 24.7 Å². The van der Waals surface area contributed by atoms with Crippen LogP contribution in [0.1, 0.15) is 56.3 Å². The Labute approximate surface area is 152 Å². The Hall–Kier alpha value is -1.95. The van der Waals surface area contributed by atoms with E-state index in [1.54, 1.807) is 22.8 Å². The summed E-state index contributed by atoms with van der Waals surface area (Å²) in [4.78, 5) is 30.7. The van der Waals surface area contributed by atoms with Crippen molar-refractivity contribution >= 4 is 29.0 Å². The lowest BCUT2D eigenvalue weighted by molar-refractivity contribution is 0.0608. The molecule has 5 nitrogen and oxygen atoms in total. The van der Waals surface area contributed by atoms with E-state index in [1.165, 1.54) is 6.42 Å². The zero-order valence-corrected chi connectivity index (χ0v) is 15.7. The molecule has 25 heavy (non-hydrogen) atoms. The zero-order valence-electron chi connectivity index (χ0n) is 14.9. The molecule has 3 rings (SSSR count). The Kier molecular flexibility index (Phi) is 5.37. The Morgan fingerprint density at radius 2 is 2.12 bits per heavy atom. The van der Waals surface area contributed by atoms with Gasteiger partial charge in [-0.05, 0) is 62.5 Å². The van der Waals surface area contributed by atoms with Crippen molar-refractivity contribution in [3.05, 3.63) is 38.9 Å². The van der Waals surface area contributed by atoms with Gasteiger partial charge in [0.1, 0.15) is 0 Å². The van der Waals surface area contributed by atoms with E-state index < -0.39 is 0 Å². The Balaban J connectivity index is 2.01. The Morgan fingerprint density at radius 3 is 2.84 bits per heavy atom. The number of aromatic nitrogens is 2. The molecule has 0 aliphatic carbocycles. The van der Waals surface area contributed by atoms with Crippen LogP contribution in [0.2, 0.25) is 0 Å². The van der Waals surface area contributed by atoms with Gasteiger partial charge in [-0.2, -0.15) is 0 Å². The highest BCUT2D eigenvalue weighted by molar-refractivity contribution is 7.71. The van der Waals surface area contributed by atoms with Crippen molar-refractivity contribution in [1.82, 2.24) is 14.5 Å². The monoisotopic (exact) mass is 359 g/mol. The molecule has 1 aromatic heterocycles. The molecule has 6 heteroatoms. The lowest BCUT2D eigenvalue weighted by Crippen LogP contribution is -2.43. The largest absolute Gasteiger partial charge is 0.336 e. The number of rotatable bonds is 4. The summed E-state index contributed by atoms with van der Waals surface area (Å²) in [5.41, 5.74) is 1.16. The number of nitrogens with zero attached hydrogens (tertiary/aromatic N) is 2. The molecule has 0 bridgehead atoms. The van der Waals surface area contributed by atoms with Crippen LogP contribution in [0.15, 0.2) is 23.0 Å². The summed E-state index contributed by atoms with van der Waals surface area (Å²) in [5, 5.41) is 0.573. The van der Waals surface area contributed by atoms with Crippen molar-refractivity contribution in [3.8, 4) is 0 Å². The lowest BCUT2D eigenvalue weighted by atomic mass is 9.98. The third-order valence-electron chi connectivity index (χ3n) is 5.04. The molecule has 2 aromatic rings. The van der Waals surface area contributed by atoms with Gasteiger partial charge in [-0.3, -0.25) is 14.2 Å². The normalized spacial score (nSPS) is 17.8. The Morgan fingerprint density at radius 1 is 1.32 bits per heavy atom. The molecule has 1 aliphatic heterocycles. The molecule has 1 saturated heterocycles. The fraction of sp³-hybridized carbons (Fsp3) is 0.526. The molecular weight excluding hydrogens is 334 g/mol. The van der Waals surface area contributed by atoms with E-state index in [9.17, 15) is 9.59 Å². The van der Waals surface area contributed by atoms with Crippen molar-refractivity contribution < 1.29 is 4.79 Å². The van der Waals surface area contributed by atoms with E-state index in [0.29, 0.717) is 33.8 Å². The minimum atomic E-state index is -0.0935. The van der Waals surface area contributed by atoms with Crippen molar-refractivity contribution in [2.75, 3.05) is 6.54 Å². The van der Waals surface area contributed by atoms with Crippen LogP contribution >= 0.6 is 12.2 Å². The van der Waals surface area contributed by atoms with E-state index in [0.717, 1.165) is 32.2 Å². The molecule has 1 atom stereocenters. The minimum Gasteiger partial charge on any atom is -0.336 e. The van der Waals surface area contributed by atoms with Gasteiger partial charge >= 0.3 is 0 Å². The number of carbonyl (C=O) groups is 1. The topological polar surface area (TPSA) is 58.1 Å². The predicted octanol–water partition coefficient (Wildman–Crippen LogP) is 3.87. The van der Waals surface area contributed by atoms with E-state index in [4.69, 9.17) is 12.2 Å². The maximum atomic E-state index is 13.0. The first-order chi connectivity index (χ1) is 12.1. The molecular formula is C19H25N3O2S. The van der Waals surface area contributed by atoms with E-state index in [1.807, 2.05) is 11.8 Å². The third kappa shape index (κ3) is 3.40. The molecule has 0 unspecified atom stereocenters. The summed E-state index contributed by atoms with van der Waals surface area (Å²) < 4.78 is 1.99. The molecule has 1 aromatic carbocycles. The zero-order chi connectivity index (χ0) is 18.0. The number of nitrogens with one attached hydrogen (secondary N) is 1. The first kappa shape index (κ1) is 17.9. The van der Waals surface area contributed by atoms with Crippen LogP contribution in [0.3, 0.4) is 0 Å². The van der Waals surface area contributed by atoms with Crippen molar-refractivity contribution in [2.45, 2.75) is 58.5 Å². The average molecular weight is 359 g/mol. The summed E-state index contributed by atoms with van der Waals surface area (Å²) in [5.74, 6) is 0.0468. The van der Waals surface area contributed by atoms with E-state index in [2.05, 4.69) is 11.9 Å². The summed E-state index contributed by atoms with van der Waals surface area (Å²) in [6.07, 6.45) is 5.13. The molecule has 2 heterocycles. The van der Waals surface area contributed by atoms with Crippen LogP contribution in [0.25, 0.3) is 10.9 Å². The Bertz CT molecular complexity index is 900. The SMILES string of the molecule is CCCn1c(=S)[nH]c2cc(C(=O)N3CCCC[C@H]3CC)ccc2c1=O. The maximum absolute atomic E-state index is 13.0. The molecule has 1 aliphatic rings. The number of piperidine rings is 1. The summed E-state index contributed by atoms with van der Waals surface area (Å²) >= 11 is 5.32. The standard InChI is InChI=1S/C19H25N3O2S/c1-3-10-22-18(24)15-9-8-13(12-16(15)20-19(22)25)17(23)21-11-6-5-7-14(21)4-2/h8-9,12,14H,3-7,10-11H2,1-2H3,(H,20,25)/t14-/m1/s1. The fourth-order valence-corrected chi connectivity index (χ4v) is 3.96. The number of benzene rings is 1. The molecule has 0 spiro atoms. The quantitative estimate of drug-likeness (QED) is 0.843. The molecule has 1 N–H and O–H groups in total. The van der Waals surface area contributed by atoms with Gasteiger partial charge in [0.25, 0.3) is 11.5 Å². The highest BCUT2D eigenvalue weighted by Gasteiger charge is 2.26. The molecule has 0 saturated carbocycles. The number of amides is 1. The van der Waals surface area contributed by atoms with Crippen LogP contribution < -0.4 is 5.56 Å². The summed E-state index contributed by atoms with van der Waals surface area (Å²) in [6.45, 7) is 5.54. The van der Waals surface area contributed by atoms with Gasteiger partial charge < -0.3 is 9.88 Å². The van der Waals surface area contributed by atoms with Crippen LogP contribution in [-0.4, -0.2) is 32.9 Å². The number of H-pyrrole nitrogens is 1. The first-order valence-corrected chi connectivity index (χ1v) is 9.55. The number of aromatic amines is 1. The second-order valence-corrected chi connectivity index (χ2v) is 7.09. The first-order valence-electron chi connectivity index (χ1n) is 9.14. The number of fused-ring (bicyclic) bond motifs is 1. The van der Waals surface area contributed by atoms with Crippen LogP contribution in [0.5, 0.6) is 0 Å². The van der Waals surface area contributed by atoms with Gasteiger partial charge in [0.05, 0.1) is 10.9 Å². The number of hydrogen-bond acceptors (Lipinski definition) is 3. The smallest absolute Gasteiger partial charge is 0.262 e. The molecule has 134 valence electrons.